The molecule has 0 bridgehead atoms. The van der Waals surface area contributed by atoms with Crippen molar-refractivity contribution >= 4 is 12.6 Å². The van der Waals surface area contributed by atoms with E-state index >= 15 is 0 Å². The second-order valence-electron chi connectivity index (χ2n) is 6.66. The zero-order valence-corrected chi connectivity index (χ0v) is 13.7. The SMILES string of the molecule is COCc1cc(C)c(B2OC(C)(C)C(C)(C)O2)c(C)c1. The highest BCUT2D eigenvalue weighted by Gasteiger charge is 2.52. The van der Waals surface area contributed by atoms with Crippen LogP contribution in [0, 0.1) is 13.8 Å². The molecule has 0 aliphatic carbocycles. The van der Waals surface area contributed by atoms with Crippen molar-refractivity contribution in [3.63, 3.8) is 0 Å². The van der Waals surface area contributed by atoms with E-state index in [-0.39, 0.29) is 18.3 Å². The Labute approximate surface area is 122 Å². The van der Waals surface area contributed by atoms with E-state index < -0.39 is 0 Å². The van der Waals surface area contributed by atoms with E-state index in [0.717, 1.165) is 5.46 Å². The topological polar surface area (TPSA) is 27.7 Å². The molecule has 1 aliphatic heterocycles. The van der Waals surface area contributed by atoms with E-state index in [1.807, 2.05) is 0 Å². The van der Waals surface area contributed by atoms with Gasteiger partial charge in [0.2, 0.25) is 0 Å². The summed E-state index contributed by atoms with van der Waals surface area (Å²) in [5.41, 5.74) is 4.10. The molecular weight excluding hydrogens is 251 g/mol. The molecule has 0 N–H and O–H groups in total. The number of methoxy groups -OCH3 is 1. The molecule has 0 atom stereocenters. The molecule has 0 saturated carbocycles. The van der Waals surface area contributed by atoms with E-state index in [1.165, 1.54) is 16.7 Å². The second kappa shape index (κ2) is 5.17. The van der Waals surface area contributed by atoms with Crippen LogP contribution in [0.5, 0.6) is 0 Å². The van der Waals surface area contributed by atoms with Crippen molar-refractivity contribution in [2.24, 2.45) is 0 Å². The normalized spacial score (nSPS) is 20.4. The van der Waals surface area contributed by atoms with Gasteiger partial charge in [-0.3, -0.25) is 0 Å². The predicted octanol–water partition coefficient (Wildman–Crippen LogP) is 2.75. The molecule has 0 aromatic heterocycles. The van der Waals surface area contributed by atoms with Crippen LogP contribution in [-0.2, 0) is 20.7 Å². The third kappa shape index (κ3) is 2.65. The molecule has 1 aromatic rings. The Kier molecular flexibility index (Phi) is 4.02. The zero-order chi connectivity index (χ0) is 15.1. The third-order valence-electron chi connectivity index (χ3n) is 4.45. The number of rotatable bonds is 3. The van der Waals surface area contributed by atoms with Crippen LogP contribution in [0.2, 0.25) is 0 Å². The maximum Gasteiger partial charge on any atom is 0.495 e. The Hall–Kier alpha value is -0.835. The molecular formula is C16H25BO3. The number of hydrogen-bond acceptors (Lipinski definition) is 3. The van der Waals surface area contributed by atoms with Crippen molar-refractivity contribution < 1.29 is 14.0 Å². The molecule has 0 spiro atoms. The van der Waals surface area contributed by atoms with Gasteiger partial charge in [-0.1, -0.05) is 23.3 Å². The van der Waals surface area contributed by atoms with Crippen LogP contribution in [0.25, 0.3) is 0 Å². The molecule has 0 radical (unpaired) electrons. The standard InChI is InChI=1S/C16H25BO3/c1-11-8-13(10-18-7)9-12(2)14(11)17-19-15(3,4)16(5,6)20-17/h8-9H,10H2,1-7H3. The zero-order valence-electron chi connectivity index (χ0n) is 13.7. The molecule has 3 nitrogen and oxygen atoms in total. The molecule has 0 amide bonds. The van der Waals surface area contributed by atoms with Crippen LogP contribution in [0.1, 0.15) is 44.4 Å². The van der Waals surface area contributed by atoms with Crippen LogP contribution < -0.4 is 5.46 Å². The predicted molar refractivity (Wildman–Crippen MR) is 82.3 cm³/mol. The van der Waals surface area contributed by atoms with Gasteiger partial charge in [0.1, 0.15) is 0 Å². The number of hydrogen-bond donors (Lipinski definition) is 0. The van der Waals surface area contributed by atoms with Crippen molar-refractivity contribution in [1.82, 2.24) is 0 Å². The van der Waals surface area contributed by atoms with Gasteiger partial charge in [0.25, 0.3) is 0 Å². The highest BCUT2D eigenvalue weighted by molar-refractivity contribution is 6.63. The molecule has 4 heteroatoms. The van der Waals surface area contributed by atoms with Gasteiger partial charge in [-0.25, -0.2) is 0 Å². The lowest BCUT2D eigenvalue weighted by Crippen LogP contribution is -2.41. The summed E-state index contributed by atoms with van der Waals surface area (Å²) >= 11 is 0. The second-order valence-corrected chi connectivity index (χ2v) is 6.66. The minimum atomic E-state index is -0.304. The molecule has 110 valence electrons. The molecule has 1 aromatic carbocycles. The van der Waals surface area contributed by atoms with E-state index in [0.29, 0.717) is 6.61 Å². The third-order valence-corrected chi connectivity index (χ3v) is 4.45. The van der Waals surface area contributed by atoms with Gasteiger partial charge in [-0.05, 0) is 52.6 Å². The van der Waals surface area contributed by atoms with E-state index in [1.54, 1.807) is 7.11 Å². The van der Waals surface area contributed by atoms with Crippen molar-refractivity contribution in [2.45, 2.75) is 59.4 Å². The van der Waals surface area contributed by atoms with Gasteiger partial charge in [-0.15, -0.1) is 0 Å². The van der Waals surface area contributed by atoms with Gasteiger partial charge in [0.15, 0.2) is 0 Å². The maximum atomic E-state index is 6.16. The molecule has 20 heavy (non-hydrogen) atoms. The quantitative estimate of drug-likeness (QED) is 0.794. The minimum absolute atomic E-state index is 0.295. The molecule has 2 rings (SSSR count). The van der Waals surface area contributed by atoms with Gasteiger partial charge < -0.3 is 14.0 Å². The summed E-state index contributed by atoms with van der Waals surface area (Å²) in [6.45, 7) is 13.2. The Balaban J connectivity index is 2.36. The highest BCUT2D eigenvalue weighted by Crippen LogP contribution is 2.37. The lowest BCUT2D eigenvalue weighted by atomic mass is 9.73. The summed E-state index contributed by atoms with van der Waals surface area (Å²) in [6.07, 6.45) is 0. The van der Waals surface area contributed by atoms with Crippen molar-refractivity contribution in [1.29, 1.82) is 0 Å². The monoisotopic (exact) mass is 276 g/mol. The van der Waals surface area contributed by atoms with E-state index in [2.05, 4.69) is 53.7 Å². The van der Waals surface area contributed by atoms with Gasteiger partial charge >= 0.3 is 7.12 Å². The summed E-state index contributed by atoms with van der Waals surface area (Å²) in [4.78, 5) is 0. The van der Waals surface area contributed by atoms with Crippen molar-refractivity contribution in [2.75, 3.05) is 7.11 Å². The number of benzene rings is 1. The number of aryl methyl sites for hydroxylation is 2. The molecule has 1 saturated heterocycles. The Morgan fingerprint density at radius 1 is 1.00 bits per heavy atom. The summed E-state index contributed by atoms with van der Waals surface area (Å²) in [6, 6.07) is 4.30. The van der Waals surface area contributed by atoms with Crippen molar-refractivity contribution in [3.05, 3.63) is 28.8 Å². The largest absolute Gasteiger partial charge is 0.495 e. The summed E-state index contributed by atoms with van der Waals surface area (Å²) in [5, 5.41) is 0. The first-order chi connectivity index (χ1) is 9.18. The molecule has 0 unspecified atom stereocenters. The maximum absolute atomic E-state index is 6.16. The van der Waals surface area contributed by atoms with Crippen LogP contribution in [0.15, 0.2) is 12.1 Å². The van der Waals surface area contributed by atoms with E-state index in [4.69, 9.17) is 14.0 Å². The lowest BCUT2D eigenvalue weighted by molar-refractivity contribution is 0.00578. The average molecular weight is 276 g/mol. The number of ether oxygens (including phenoxy) is 1. The summed E-state index contributed by atoms with van der Waals surface area (Å²) in [7, 11) is 1.42. The van der Waals surface area contributed by atoms with Crippen LogP contribution >= 0.6 is 0 Å². The van der Waals surface area contributed by atoms with Gasteiger partial charge in [-0.2, -0.15) is 0 Å². The fraction of sp³-hybridized carbons (Fsp3) is 0.625. The minimum Gasteiger partial charge on any atom is -0.399 e. The first-order valence-electron chi connectivity index (χ1n) is 7.12. The Bertz CT molecular complexity index is 469. The lowest BCUT2D eigenvalue weighted by Gasteiger charge is -2.32. The Morgan fingerprint density at radius 3 is 1.85 bits per heavy atom. The van der Waals surface area contributed by atoms with Crippen LogP contribution in [0.4, 0.5) is 0 Å². The molecule has 1 heterocycles. The summed E-state index contributed by atoms with van der Waals surface area (Å²) < 4.78 is 17.5. The first kappa shape index (κ1) is 15.6. The summed E-state index contributed by atoms with van der Waals surface area (Å²) in [5.74, 6) is 0. The highest BCUT2D eigenvalue weighted by atomic mass is 16.7. The van der Waals surface area contributed by atoms with Gasteiger partial charge in [0, 0.05) is 7.11 Å². The Morgan fingerprint density at radius 2 is 1.45 bits per heavy atom. The average Bonchev–Trinajstić information content (AvgIpc) is 2.46. The van der Waals surface area contributed by atoms with Crippen LogP contribution in [0.3, 0.4) is 0 Å². The molecule has 1 aliphatic rings. The fourth-order valence-electron chi connectivity index (χ4n) is 2.65. The first-order valence-corrected chi connectivity index (χ1v) is 7.12. The fourth-order valence-corrected chi connectivity index (χ4v) is 2.65. The van der Waals surface area contributed by atoms with Crippen LogP contribution in [-0.4, -0.2) is 25.4 Å². The molecule has 1 fully saturated rings. The van der Waals surface area contributed by atoms with Gasteiger partial charge in [0.05, 0.1) is 17.8 Å². The van der Waals surface area contributed by atoms with Crippen molar-refractivity contribution in [3.8, 4) is 0 Å². The van der Waals surface area contributed by atoms with E-state index in [9.17, 15) is 0 Å². The smallest absolute Gasteiger partial charge is 0.399 e.